The summed E-state index contributed by atoms with van der Waals surface area (Å²) >= 11 is 0. The van der Waals surface area contributed by atoms with E-state index in [2.05, 4.69) is 6.92 Å². The standard InChI is InChI=1S/C17H16F2O2/c1-2-3-11-21-13-9-7-12(8-10-13)17(20)14-5-4-6-15(18)16(14)19/h4-10H,2-3,11H2,1H3. The first-order valence-electron chi connectivity index (χ1n) is 6.85. The molecule has 2 rings (SSSR count). The van der Waals surface area contributed by atoms with Gasteiger partial charge in [-0.05, 0) is 42.8 Å². The van der Waals surface area contributed by atoms with Crippen LogP contribution in [0.4, 0.5) is 8.78 Å². The Bertz CT molecular complexity index is 621. The second kappa shape index (κ2) is 6.97. The van der Waals surface area contributed by atoms with Crippen molar-refractivity contribution in [2.45, 2.75) is 19.8 Å². The Hall–Kier alpha value is -2.23. The minimum absolute atomic E-state index is 0.269. The van der Waals surface area contributed by atoms with Gasteiger partial charge in [0.05, 0.1) is 12.2 Å². The van der Waals surface area contributed by atoms with Crippen LogP contribution in [0.5, 0.6) is 5.75 Å². The molecule has 0 amide bonds. The van der Waals surface area contributed by atoms with Crippen LogP contribution >= 0.6 is 0 Å². The number of benzene rings is 2. The van der Waals surface area contributed by atoms with E-state index in [-0.39, 0.29) is 5.56 Å². The highest BCUT2D eigenvalue weighted by Crippen LogP contribution is 2.18. The fourth-order valence-electron chi connectivity index (χ4n) is 1.87. The Labute approximate surface area is 122 Å². The Morgan fingerprint density at radius 3 is 2.48 bits per heavy atom. The maximum atomic E-state index is 13.6. The molecule has 21 heavy (non-hydrogen) atoms. The SMILES string of the molecule is CCCCOc1ccc(C(=O)c2cccc(F)c2F)cc1. The molecule has 0 saturated carbocycles. The number of unbranched alkanes of at least 4 members (excludes halogenated alkanes) is 1. The molecule has 0 aliphatic carbocycles. The van der Waals surface area contributed by atoms with Crippen LogP contribution in [0, 0.1) is 11.6 Å². The van der Waals surface area contributed by atoms with Gasteiger partial charge in [0, 0.05) is 5.56 Å². The van der Waals surface area contributed by atoms with Gasteiger partial charge in [0.25, 0.3) is 0 Å². The van der Waals surface area contributed by atoms with Crippen molar-refractivity contribution in [3.8, 4) is 5.75 Å². The monoisotopic (exact) mass is 290 g/mol. The zero-order chi connectivity index (χ0) is 15.2. The normalized spacial score (nSPS) is 10.4. The van der Waals surface area contributed by atoms with E-state index in [4.69, 9.17) is 4.74 Å². The van der Waals surface area contributed by atoms with Gasteiger partial charge in [0.1, 0.15) is 5.75 Å². The second-order valence-corrected chi connectivity index (χ2v) is 4.66. The molecular weight excluding hydrogens is 274 g/mol. The average Bonchev–Trinajstić information content (AvgIpc) is 2.50. The molecule has 0 unspecified atom stereocenters. The molecule has 0 saturated heterocycles. The third kappa shape index (κ3) is 3.66. The molecule has 0 bridgehead atoms. The molecule has 0 heterocycles. The molecule has 0 aliphatic rings. The van der Waals surface area contributed by atoms with E-state index in [0.29, 0.717) is 17.9 Å². The van der Waals surface area contributed by atoms with E-state index in [1.165, 1.54) is 12.1 Å². The van der Waals surface area contributed by atoms with Crippen LogP contribution in [-0.4, -0.2) is 12.4 Å². The molecule has 2 nitrogen and oxygen atoms in total. The molecular formula is C17H16F2O2. The minimum atomic E-state index is -1.12. The maximum absolute atomic E-state index is 13.6. The van der Waals surface area contributed by atoms with Crippen LogP contribution in [0.3, 0.4) is 0 Å². The van der Waals surface area contributed by atoms with Gasteiger partial charge in [-0.2, -0.15) is 0 Å². The lowest BCUT2D eigenvalue weighted by atomic mass is 10.0. The van der Waals surface area contributed by atoms with Crippen molar-refractivity contribution in [2.24, 2.45) is 0 Å². The van der Waals surface area contributed by atoms with Gasteiger partial charge in [0.15, 0.2) is 17.4 Å². The summed E-state index contributed by atoms with van der Waals surface area (Å²) < 4.78 is 32.2. The van der Waals surface area contributed by atoms with Gasteiger partial charge < -0.3 is 4.74 Å². The van der Waals surface area contributed by atoms with Gasteiger partial charge in [-0.25, -0.2) is 8.78 Å². The van der Waals surface area contributed by atoms with Gasteiger partial charge in [-0.3, -0.25) is 4.79 Å². The molecule has 110 valence electrons. The zero-order valence-electron chi connectivity index (χ0n) is 11.7. The van der Waals surface area contributed by atoms with Crippen LogP contribution < -0.4 is 4.74 Å². The highest BCUT2D eigenvalue weighted by molar-refractivity contribution is 6.09. The van der Waals surface area contributed by atoms with Crippen molar-refractivity contribution in [3.05, 3.63) is 65.2 Å². The van der Waals surface area contributed by atoms with Gasteiger partial charge >= 0.3 is 0 Å². The Balaban J connectivity index is 2.14. The Morgan fingerprint density at radius 2 is 1.81 bits per heavy atom. The Kier molecular flexibility index (Phi) is 5.04. The third-order valence-corrected chi connectivity index (χ3v) is 3.08. The van der Waals surface area contributed by atoms with Crippen LogP contribution in [-0.2, 0) is 0 Å². The molecule has 0 atom stereocenters. The third-order valence-electron chi connectivity index (χ3n) is 3.08. The van der Waals surface area contributed by atoms with E-state index in [1.54, 1.807) is 24.3 Å². The predicted octanol–water partition coefficient (Wildman–Crippen LogP) is 4.37. The number of halogens is 2. The molecule has 2 aromatic rings. The van der Waals surface area contributed by atoms with E-state index < -0.39 is 17.4 Å². The number of rotatable bonds is 6. The summed E-state index contributed by atoms with van der Waals surface area (Å²) in [7, 11) is 0. The summed E-state index contributed by atoms with van der Waals surface area (Å²) in [6, 6.07) is 9.97. The molecule has 0 spiro atoms. The molecule has 2 aromatic carbocycles. The van der Waals surface area contributed by atoms with Crippen LogP contribution in [0.2, 0.25) is 0 Å². The summed E-state index contributed by atoms with van der Waals surface area (Å²) in [4.78, 5) is 12.1. The first-order chi connectivity index (χ1) is 10.1. The lowest BCUT2D eigenvalue weighted by Crippen LogP contribution is -2.06. The average molecular weight is 290 g/mol. The topological polar surface area (TPSA) is 26.3 Å². The molecule has 0 fully saturated rings. The maximum Gasteiger partial charge on any atom is 0.196 e. The molecule has 0 aliphatic heterocycles. The van der Waals surface area contributed by atoms with E-state index in [1.807, 2.05) is 0 Å². The molecule has 4 heteroatoms. The first kappa shape index (κ1) is 15.2. The van der Waals surface area contributed by atoms with Gasteiger partial charge in [0.2, 0.25) is 0 Å². The van der Waals surface area contributed by atoms with Crippen molar-refractivity contribution in [2.75, 3.05) is 6.61 Å². The smallest absolute Gasteiger partial charge is 0.196 e. The second-order valence-electron chi connectivity index (χ2n) is 4.66. The van der Waals surface area contributed by atoms with E-state index in [9.17, 15) is 13.6 Å². The summed E-state index contributed by atoms with van der Waals surface area (Å²) in [5.41, 5.74) is 0.0250. The minimum Gasteiger partial charge on any atom is -0.494 e. The van der Waals surface area contributed by atoms with Crippen molar-refractivity contribution >= 4 is 5.78 Å². The molecule has 0 radical (unpaired) electrons. The largest absolute Gasteiger partial charge is 0.494 e. The van der Waals surface area contributed by atoms with Crippen molar-refractivity contribution < 1.29 is 18.3 Å². The van der Waals surface area contributed by atoms with Crippen molar-refractivity contribution in [3.63, 3.8) is 0 Å². The predicted molar refractivity (Wildman–Crippen MR) is 76.6 cm³/mol. The van der Waals surface area contributed by atoms with Crippen LogP contribution in [0.25, 0.3) is 0 Å². The summed E-state index contributed by atoms with van der Waals surface area (Å²) in [5.74, 6) is -2.04. The Morgan fingerprint density at radius 1 is 1.10 bits per heavy atom. The highest BCUT2D eigenvalue weighted by Gasteiger charge is 2.16. The lowest BCUT2D eigenvalue weighted by Gasteiger charge is -2.07. The van der Waals surface area contributed by atoms with E-state index >= 15 is 0 Å². The van der Waals surface area contributed by atoms with Crippen LogP contribution in [0.1, 0.15) is 35.7 Å². The number of ketones is 1. The summed E-state index contributed by atoms with van der Waals surface area (Å²) in [6.07, 6.45) is 1.99. The van der Waals surface area contributed by atoms with Crippen molar-refractivity contribution in [1.29, 1.82) is 0 Å². The van der Waals surface area contributed by atoms with Crippen LogP contribution in [0.15, 0.2) is 42.5 Å². The highest BCUT2D eigenvalue weighted by atomic mass is 19.2. The summed E-state index contributed by atoms with van der Waals surface area (Å²) in [5, 5.41) is 0. The fraction of sp³-hybridized carbons (Fsp3) is 0.235. The molecule has 0 aromatic heterocycles. The first-order valence-corrected chi connectivity index (χ1v) is 6.85. The number of carbonyl (C=O) groups is 1. The lowest BCUT2D eigenvalue weighted by molar-refractivity contribution is 0.103. The zero-order valence-corrected chi connectivity index (χ0v) is 11.7. The summed E-state index contributed by atoms with van der Waals surface area (Å²) in [6.45, 7) is 2.68. The quantitative estimate of drug-likeness (QED) is 0.583. The number of ether oxygens (including phenoxy) is 1. The van der Waals surface area contributed by atoms with Crippen molar-refractivity contribution in [1.82, 2.24) is 0 Å². The molecule has 0 N–H and O–H groups in total. The van der Waals surface area contributed by atoms with E-state index in [0.717, 1.165) is 18.9 Å². The van der Waals surface area contributed by atoms with Gasteiger partial charge in [-0.1, -0.05) is 19.4 Å². The number of hydrogen-bond acceptors (Lipinski definition) is 2. The number of hydrogen-bond donors (Lipinski definition) is 0. The number of carbonyl (C=O) groups excluding carboxylic acids is 1. The fourth-order valence-corrected chi connectivity index (χ4v) is 1.87. The van der Waals surface area contributed by atoms with Gasteiger partial charge in [-0.15, -0.1) is 0 Å².